The van der Waals surface area contributed by atoms with Crippen LogP contribution in [0.5, 0.6) is 17.2 Å². The van der Waals surface area contributed by atoms with Crippen molar-refractivity contribution in [1.29, 1.82) is 0 Å². The van der Waals surface area contributed by atoms with Crippen molar-refractivity contribution in [3.05, 3.63) is 71.8 Å². The van der Waals surface area contributed by atoms with E-state index in [-0.39, 0.29) is 0 Å². The topological polar surface area (TPSA) is 73.9 Å². The number of methoxy groups -OCH3 is 2. The Morgan fingerprint density at radius 3 is 2.34 bits per heavy atom. The Balaban J connectivity index is 1.95. The maximum atomic E-state index is 11.7. The van der Waals surface area contributed by atoms with Crippen LogP contribution in [0.4, 0.5) is 5.69 Å². The monoisotopic (exact) mass is 411 g/mol. The summed E-state index contributed by atoms with van der Waals surface area (Å²) in [5.74, 6) is 2.07. The van der Waals surface area contributed by atoms with Crippen molar-refractivity contribution in [3.8, 4) is 28.4 Å². The third-order valence-electron chi connectivity index (χ3n) is 4.78. The lowest BCUT2D eigenvalue weighted by atomic mass is 9.88. The molecule has 0 spiro atoms. The van der Waals surface area contributed by atoms with Gasteiger partial charge in [0.25, 0.3) is 0 Å². The minimum atomic E-state index is -3.41. The number of hydrogen-bond donors (Lipinski definition) is 1. The lowest BCUT2D eigenvalue weighted by molar-refractivity contribution is 0.236. The van der Waals surface area contributed by atoms with E-state index in [4.69, 9.17) is 14.2 Å². The smallest absolute Gasteiger partial charge is 0.229 e. The van der Waals surface area contributed by atoms with E-state index in [0.29, 0.717) is 22.9 Å². The van der Waals surface area contributed by atoms with Crippen molar-refractivity contribution in [2.75, 3.05) is 25.2 Å². The number of para-hydroxylation sites is 1. The third-order valence-corrected chi connectivity index (χ3v) is 5.39. The molecule has 29 heavy (non-hydrogen) atoms. The molecule has 0 saturated heterocycles. The van der Waals surface area contributed by atoms with Crippen LogP contribution in [-0.2, 0) is 10.0 Å². The zero-order valence-electron chi connectivity index (χ0n) is 16.3. The summed E-state index contributed by atoms with van der Waals surface area (Å²) in [7, 11) is -0.188. The van der Waals surface area contributed by atoms with Crippen LogP contribution in [0.3, 0.4) is 0 Å². The van der Waals surface area contributed by atoms with Crippen molar-refractivity contribution in [1.82, 2.24) is 0 Å². The molecule has 0 saturated carbocycles. The first-order valence-corrected chi connectivity index (χ1v) is 10.9. The van der Waals surface area contributed by atoms with E-state index in [2.05, 4.69) is 4.72 Å². The molecule has 0 bridgehead atoms. The number of rotatable bonds is 5. The summed E-state index contributed by atoms with van der Waals surface area (Å²) < 4.78 is 43.5. The van der Waals surface area contributed by atoms with Crippen molar-refractivity contribution >= 4 is 15.7 Å². The SMILES string of the molecule is COc1ccccc1C1Oc2cccc(OC)c2-c2ccc(NS(C)(=O)=O)cc21. The fourth-order valence-corrected chi connectivity index (χ4v) is 4.19. The Bertz CT molecular complexity index is 1170. The fraction of sp³-hybridized carbons (Fsp3) is 0.182. The number of anilines is 1. The number of ether oxygens (including phenoxy) is 3. The first kappa shape index (κ1) is 19.1. The summed E-state index contributed by atoms with van der Waals surface area (Å²) in [6.45, 7) is 0. The Morgan fingerprint density at radius 2 is 1.62 bits per heavy atom. The zero-order valence-corrected chi connectivity index (χ0v) is 17.1. The fourth-order valence-electron chi connectivity index (χ4n) is 3.63. The lowest BCUT2D eigenvalue weighted by Crippen LogP contribution is -2.18. The summed E-state index contributed by atoms with van der Waals surface area (Å²) in [6.07, 6.45) is 0.654. The van der Waals surface area contributed by atoms with Gasteiger partial charge in [-0.05, 0) is 35.9 Å². The van der Waals surface area contributed by atoms with Crippen LogP contribution in [0.1, 0.15) is 17.2 Å². The van der Waals surface area contributed by atoms with Gasteiger partial charge >= 0.3 is 0 Å². The quantitative estimate of drug-likeness (QED) is 0.680. The van der Waals surface area contributed by atoms with Crippen molar-refractivity contribution in [2.24, 2.45) is 0 Å². The molecule has 0 aliphatic carbocycles. The van der Waals surface area contributed by atoms with Crippen LogP contribution < -0.4 is 18.9 Å². The maximum Gasteiger partial charge on any atom is 0.229 e. The van der Waals surface area contributed by atoms with Gasteiger partial charge in [-0.1, -0.05) is 30.3 Å². The number of nitrogens with one attached hydrogen (secondary N) is 1. The van der Waals surface area contributed by atoms with Gasteiger partial charge in [0.05, 0.1) is 26.0 Å². The molecule has 150 valence electrons. The Labute approximate surface area is 170 Å². The molecule has 4 rings (SSSR count). The highest BCUT2D eigenvalue weighted by molar-refractivity contribution is 7.92. The van der Waals surface area contributed by atoms with Crippen molar-refractivity contribution < 1.29 is 22.6 Å². The molecule has 0 radical (unpaired) electrons. The maximum absolute atomic E-state index is 11.7. The highest BCUT2D eigenvalue weighted by Gasteiger charge is 2.31. The van der Waals surface area contributed by atoms with Gasteiger partial charge in [0.1, 0.15) is 17.2 Å². The Morgan fingerprint density at radius 1 is 0.897 bits per heavy atom. The molecular formula is C22H21NO5S. The Kier molecular flexibility index (Phi) is 4.84. The molecular weight excluding hydrogens is 390 g/mol. The van der Waals surface area contributed by atoms with Crippen LogP contribution in [0.2, 0.25) is 0 Å². The predicted octanol–water partition coefficient (Wildman–Crippen LogP) is 4.22. The molecule has 0 amide bonds. The molecule has 3 aromatic carbocycles. The summed E-state index contributed by atoms with van der Waals surface area (Å²) in [6, 6.07) is 18.7. The highest BCUT2D eigenvalue weighted by atomic mass is 32.2. The van der Waals surface area contributed by atoms with Gasteiger partial charge in [-0.3, -0.25) is 4.72 Å². The van der Waals surface area contributed by atoms with E-state index in [1.807, 2.05) is 48.5 Å². The number of benzene rings is 3. The molecule has 1 atom stereocenters. The summed E-state index contributed by atoms with van der Waals surface area (Å²) in [5.41, 5.74) is 3.88. The molecule has 1 unspecified atom stereocenters. The first-order valence-electron chi connectivity index (χ1n) is 9.00. The van der Waals surface area contributed by atoms with Gasteiger partial charge in [-0.25, -0.2) is 8.42 Å². The van der Waals surface area contributed by atoms with Gasteiger partial charge in [-0.2, -0.15) is 0 Å². The molecule has 0 aromatic heterocycles. The molecule has 1 aliphatic rings. The minimum Gasteiger partial charge on any atom is -0.496 e. The van der Waals surface area contributed by atoms with E-state index in [9.17, 15) is 8.42 Å². The molecule has 1 aliphatic heterocycles. The lowest BCUT2D eigenvalue weighted by Gasteiger charge is -2.31. The summed E-state index contributed by atoms with van der Waals surface area (Å²) >= 11 is 0. The second-order valence-electron chi connectivity index (χ2n) is 6.75. The normalized spacial score (nSPS) is 14.9. The van der Waals surface area contributed by atoms with Crippen LogP contribution in [-0.4, -0.2) is 28.9 Å². The molecule has 1 heterocycles. The van der Waals surface area contributed by atoms with E-state index in [0.717, 1.165) is 28.5 Å². The molecule has 6 nitrogen and oxygen atoms in total. The molecule has 1 N–H and O–H groups in total. The van der Waals surface area contributed by atoms with E-state index >= 15 is 0 Å². The number of fused-ring (bicyclic) bond motifs is 3. The van der Waals surface area contributed by atoms with Gasteiger partial charge in [0.2, 0.25) is 10.0 Å². The average Bonchev–Trinajstić information content (AvgIpc) is 2.71. The summed E-state index contributed by atoms with van der Waals surface area (Å²) in [4.78, 5) is 0. The zero-order chi connectivity index (χ0) is 20.6. The van der Waals surface area contributed by atoms with Gasteiger partial charge in [0, 0.05) is 16.8 Å². The van der Waals surface area contributed by atoms with Crippen molar-refractivity contribution in [2.45, 2.75) is 6.10 Å². The minimum absolute atomic E-state index is 0.466. The highest BCUT2D eigenvalue weighted by Crippen LogP contribution is 2.50. The third kappa shape index (κ3) is 3.61. The Hall–Kier alpha value is -3.19. The second kappa shape index (κ2) is 7.33. The second-order valence-corrected chi connectivity index (χ2v) is 8.50. The number of hydrogen-bond acceptors (Lipinski definition) is 5. The van der Waals surface area contributed by atoms with E-state index in [1.165, 1.54) is 0 Å². The largest absolute Gasteiger partial charge is 0.496 e. The van der Waals surface area contributed by atoms with Crippen LogP contribution in [0.25, 0.3) is 11.1 Å². The van der Waals surface area contributed by atoms with Crippen LogP contribution in [0.15, 0.2) is 60.7 Å². The van der Waals surface area contributed by atoms with Crippen molar-refractivity contribution in [3.63, 3.8) is 0 Å². The first-order chi connectivity index (χ1) is 13.9. The number of sulfonamides is 1. The predicted molar refractivity (Wildman–Crippen MR) is 112 cm³/mol. The van der Waals surface area contributed by atoms with Gasteiger partial charge in [0.15, 0.2) is 6.10 Å². The molecule has 0 fully saturated rings. The average molecular weight is 411 g/mol. The summed E-state index contributed by atoms with van der Waals surface area (Å²) in [5, 5.41) is 0. The van der Waals surface area contributed by atoms with Gasteiger partial charge in [-0.15, -0.1) is 0 Å². The molecule has 7 heteroatoms. The van der Waals surface area contributed by atoms with Gasteiger partial charge < -0.3 is 14.2 Å². The van der Waals surface area contributed by atoms with Crippen LogP contribution in [0, 0.1) is 0 Å². The molecule has 3 aromatic rings. The van der Waals surface area contributed by atoms with E-state index < -0.39 is 16.1 Å². The van der Waals surface area contributed by atoms with Crippen LogP contribution >= 0.6 is 0 Å². The standard InChI is InChI=1S/C22H21NO5S/c1-26-18-8-5-4-7-16(18)22-17-13-14(23-29(3,24)25)11-12-15(17)21-19(27-2)9-6-10-20(21)28-22/h4-13,22-23H,1-3H3. The van der Waals surface area contributed by atoms with E-state index in [1.54, 1.807) is 26.4 Å².